The first-order valence-electron chi connectivity index (χ1n) is 3.63. The summed E-state index contributed by atoms with van der Waals surface area (Å²) in [7, 11) is 1.38. The minimum Gasteiger partial charge on any atom is -0.464 e. The lowest BCUT2D eigenvalue weighted by Crippen LogP contribution is -2.08. The summed E-state index contributed by atoms with van der Waals surface area (Å²) in [5.74, 6) is -0.303. The molecule has 4 heteroatoms. The van der Waals surface area contributed by atoms with Crippen molar-refractivity contribution in [2.24, 2.45) is 0 Å². The number of ether oxygens (including phenoxy) is 1. The van der Waals surface area contributed by atoms with Crippen LogP contribution in [-0.4, -0.2) is 17.6 Å². The highest BCUT2D eigenvalue weighted by molar-refractivity contribution is 9.10. The molecule has 0 radical (unpaired) electrons. The van der Waals surface area contributed by atoms with Gasteiger partial charge in [0.25, 0.3) is 0 Å². The van der Waals surface area contributed by atoms with Gasteiger partial charge in [0.2, 0.25) is 0 Å². The molecule has 0 aliphatic heterocycles. The molecular weight excluding hydrogens is 222 g/mol. The van der Waals surface area contributed by atoms with Gasteiger partial charge in [-0.25, -0.2) is 4.79 Å². The Balaban J connectivity index is 3.04. The smallest absolute Gasteiger partial charge is 0.354 e. The number of carbonyl (C=O) groups is 1. The number of nitrogens with zero attached hydrogens (tertiary/aromatic N) is 1. The molecule has 0 aliphatic rings. The molecule has 0 bridgehead atoms. The molecule has 1 heterocycles. The Labute approximate surface area is 79.5 Å². The Morgan fingerprint density at radius 2 is 2.42 bits per heavy atom. The van der Waals surface area contributed by atoms with Crippen molar-refractivity contribution in [3.63, 3.8) is 0 Å². The molecule has 0 unspecified atom stereocenters. The van der Waals surface area contributed by atoms with Crippen molar-refractivity contribution in [3.05, 3.63) is 22.4 Å². The lowest BCUT2D eigenvalue weighted by atomic mass is 10.4. The Morgan fingerprint density at radius 1 is 1.75 bits per heavy atom. The van der Waals surface area contributed by atoms with Crippen LogP contribution in [-0.2, 0) is 11.3 Å². The molecule has 12 heavy (non-hydrogen) atoms. The van der Waals surface area contributed by atoms with Crippen LogP contribution in [0.3, 0.4) is 0 Å². The highest BCUT2D eigenvalue weighted by atomic mass is 79.9. The third-order valence-electron chi connectivity index (χ3n) is 1.60. The topological polar surface area (TPSA) is 31.2 Å². The third kappa shape index (κ3) is 1.69. The van der Waals surface area contributed by atoms with E-state index < -0.39 is 0 Å². The zero-order valence-electron chi connectivity index (χ0n) is 7.00. The Kier molecular flexibility index (Phi) is 2.92. The number of carbonyl (C=O) groups excluding carboxylic acids is 1. The molecular formula is C8H10BrNO2. The molecule has 1 aromatic rings. The molecule has 66 valence electrons. The molecule has 0 N–H and O–H groups in total. The SMILES string of the molecule is CCn1cc(Br)cc1C(=O)OC. The maximum Gasteiger partial charge on any atom is 0.354 e. The van der Waals surface area contributed by atoms with Gasteiger partial charge in [0, 0.05) is 17.2 Å². The minimum absolute atomic E-state index is 0.303. The van der Waals surface area contributed by atoms with E-state index in [1.165, 1.54) is 7.11 Å². The Morgan fingerprint density at radius 3 is 2.92 bits per heavy atom. The molecule has 1 aromatic heterocycles. The number of methoxy groups -OCH3 is 1. The van der Waals surface area contributed by atoms with Crippen molar-refractivity contribution in [2.75, 3.05) is 7.11 Å². The summed E-state index contributed by atoms with van der Waals surface area (Å²) in [5, 5.41) is 0. The van der Waals surface area contributed by atoms with E-state index >= 15 is 0 Å². The van der Waals surface area contributed by atoms with E-state index in [2.05, 4.69) is 20.7 Å². The number of rotatable bonds is 2. The first-order valence-corrected chi connectivity index (χ1v) is 4.42. The zero-order valence-corrected chi connectivity index (χ0v) is 8.59. The first kappa shape index (κ1) is 9.32. The van der Waals surface area contributed by atoms with Crippen LogP contribution in [0.15, 0.2) is 16.7 Å². The van der Waals surface area contributed by atoms with Crippen LogP contribution in [0.4, 0.5) is 0 Å². The predicted molar refractivity (Wildman–Crippen MR) is 49.1 cm³/mol. The van der Waals surface area contributed by atoms with E-state index in [0.29, 0.717) is 5.69 Å². The van der Waals surface area contributed by atoms with E-state index in [0.717, 1.165) is 11.0 Å². The monoisotopic (exact) mass is 231 g/mol. The van der Waals surface area contributed by atoms with Gasteiger partial charge in [-0.1, -0.05) is 0 Å². The standard InChI is InChI=1S/C8H10BrNO2/c1-3-10-5-6(9)4-7(10)8(11)12-2/h4-5H,3H2,1-2H3. The molecule has 0 fully saturated rings. The van der Waals surface area contributed by atoms with Crippen molar-refractivity contribution in [1.29, 1.82) is 0 Å². The van der Waals surface area contributed by atoms with Gasteiger partial charge in [0.05, 0.1) is 7.11 Å². The molecule has 0 amide bonds. The van der Waals surface area contributed by atoms with Crippen LogP contribution in [0.1, 0.15) is 17.4 Å². The van der Waals surface area contributed by atoms with Crippen LogP contribution >= 0.6 is 15.9 Å². The number of hydrogen-bond donors (Lipinski definition) is 0. The van der Waals surface area contributed by atoms with Gasteiger partial charge < -0.3 is 9.30 Å². The Hall–Kier alpha value is -0.770. The fraction of sp³-hybridized carbons (Fsp3) is 0.375. The Bertz CT molecular complexity index is 293. The van der Waals surface area contributed by atoms with Crippen molar-refractivity contribution in [1.82, 2.24) is 4.57 Å². The lowest BCUT2D eigenvalue weighted by molar-refractivity contribution is 0.0588. The number of halogens is 1. The number of aromatic nitrogens is 1. The highest BCUT2D eigenvalue weighted by Gasteiger charge is 2.11. The normalized spacial score (nSPS) is 9.92. The minimum atomic E-state index is -0.303. The summed E-state index contributed by atoms with van der Waals surface area (Å²) in [6, 6.07) is 1.75. The van der Waals surface area contributed by atoms with Crippen molar-refractivity contribution in [3.8, 4) is 0 Å². The summed E-state index contributed by atoms with van der Waals surface area (Å²) in [4.78, 5) is 11.1. The molecule has 0 atom stereocenters. The highest BCUT2D eigenvalue weighted by Crippen LogP contribution is 2.15. The zero-order chi connectivity index (χ0) is 9.14. The molecule has 0 saturated carbocycles. The molecule has 0 aromatic carbocycles. The van der Waals surface area contributed by atoms with Gasteiger partial charge >= 0.3 is 5.97 Å². The van der Waals surface area contributed by atoms with Gasteiger partial charge in [-0.15, -0.1) is 0 Å². The van der Waals surface area contributed by atoms with Crippen molar-refractivity contribution in [2.45, 2.75) is 13.5 Å². The number of hydrogen-bond acceptors (Lipinski definition) is 2. The largest absolute Gasteiger partial charge is 0.464 e. The molecule has 0 saturated heterocycles. The number of aryl methyl sites for hydroxylation is 1. The fourth-order valence-corrected chi connectivity index (χ4v) is 1.48. The van der Waals surface area contributed by atoms with Crippen LogP contribution in [0.25, 0.3) is 0 Å². The summed E-state index contributed by atoms with van der Waals surface area (Å²) in [6.45, 7) is 2.73. The van der Waals surface area contributed by atoms with Gasteiger partial charge in [0.1, 0.15) is 5.69 Å². The summed E-state index contributed by atoms with van der Waals surface area (Å²) < 4.78 is 7.33. The van der Waals surface area contributed by atoms with Gasteiger partial charge in [-0.05, 0) is 28.9 Å². The summed E-state index contributed by atoms with van der Waals surface area (Å²) >= 11 is 3.29. The van der Waals surface area contributed by atoms with Crippen molar-refractivity contribution < 1.29 is 9.53 Å². The van der Waals surface area contributed by atoms with Gasteiger partial charge in [-0.2, -0.15) is 0 Å². The molecule has 0 spiro atoms. The van der Waals surface area contributed by atoms with Crippen LogP contribution in [0.5, 0.6) is 0 Å². The second-order valence-electron chi connectivity index (χ2n) is 2.32. The maximum absolute atomic E-state index is 11.1. The van der Waals surface area contributed by atoms with Crippen molar-refractivity contribution >= 4 is 21.9 Å². The average Bonchev–Trinajstić information content (AvgIpc) is 2.45. The van der Waals surface area contributed by atoms with E-state index in [1.54, 1.807) is 6.07 Å². The van der Waals surface area contributed by atoms with Gasteiger partial charge in [0.15, 0.2) is 0 Å². The van der Waals surface area contributed by atoms with E-state index in [4.69, 9.17) is 0 Å². The number of esters is 1. The summed E-state index contributed by atoms with van der Waals surface area (Å²) in [6.07, 6.45) is 1.85. The predicted octanol–water partition coefficient (Wildman–Crippen LogP) is 2.06. The van der Waals surface area contributed by atoms with Crippen LogP contribution < -0.4 is 0 Å². The van der Waals surface area contributed by atoms with Crippen LogP contribution in [0, 0.1) is 0 Å². The van der Waals surface area contributed by atoms with E-state index in [-0.39, 0.29) is 5.97 Å². The summed E-state index contributed by atoms with van der Waals surface area (Å²) in [5.41, 5.74) is 0.576. The molecule has 1 rings (SSSR count). The average molecular weight is 232 g/mol. The molecule has 0 aliphatic carbocycles. The quantitative estimate of drug-likeness (QED) is 0.730. The molecule has 3 nitrogen and oxygen atoms in total. The maximum atomic E-state index is 11.1. The fourth-order valence-electron chi connectivity index (χ4n) is 1.01. The lowest BCUT2D eigenvalue weighted by Gasteiger charge is -2.02. The van der Waals surface area contributed by atoms with E-state index in [1.807, 2.05) is 17.7 Å². The van der Waals surface area contributed by atoms with Gasteiger partial charge in [-0.3, -0.25) is 0 Å². The third-order valence-corrected chi connectivity index (χ3v) is 2.03. The second kappa shape index (κ2) is 3.76. The van der Waals surface area contributed by atoms with E-state index in [9.17, 15) is 4.79 Å². The first-order chi connectivity index (χ1) is 5.69. The van der Waals surface area contributed by atoms with Crippen LogP contribution in [0.2, 0.25) is 0 Å². The second-order valence-corrected chi connectivity index (χ2v) is 3.24.